The molecule has 2 aromatic rings. The average molecular weight is 314 g/mol. The number of carbonyl (C=O) groups is 1. The molecule has 1 heterocycles. The lowest BCUT2D eigenvalue weighted by Gasteiger charge is -2.08. The summed E-state index contributed by atoms with van der Waals surface area (Å²) >= 11 is 0. The Bertz CT molecular complexity index is 605. The van der Waals surface area contributed by atoms with Crippen molar-refractivity contribution in [3.63, 3.8) is 0 Å². The van der Waals surface area contributed by atoms with Gasteiger partial charge in [0.2, 0.25) is 0 Å². The minimum atomic E-state index is -0.119. The van der Waals surface area contributed by atoms with Crippen molar-refractivity contribution >= 4 is 17.4 Å². The largest absolute Gasteiger partial charge is 0.380 e. The Morgan fingerprint density at radius 2 is 2.17 bits per heavy atom. The van der Waals surface area contributed by atoms with E-state index < -0.39 is 0 Å². The molecule has 0 atom stereocenters. The number of anilines is 2. The Balaban J connectivity index is 1.83. The third-order valence-corrected chi connectivity index (χ3v) is 3.13. The minimum Gasteiger partial charge on any atom is -0.380 e. The number of carbonyl (C=O) groups excluding carboxylic acids is 1. The lowest BCUT2D eigenvalue weighted by molar-refractivity contribution is 0.0913. The first kappa shape index (κ1) is 16.9. The second kappa shape index (κ2) is 9.53. The van der Waals surface area contributed by atoms with Crippen molar-refractivity contribution in [3.8, 4) is 0 Å². The molecular weight excluding hydrogens is 292 g/mol. The number of aromatic nitrogens is 2. The lowest BCUT2D eigenvalue weighted by Crippen LogP contribution is -2.27. The maximum Gasteiger partial charge on any atom is 0.251 e. The van der Waals surface area contributed by atoms with Crippen LogP contribution in [-0.2, 0) is 4.74 Å². The molecule has 122 valence electrons. The van der Waals surface area contributed by atoms with Gasteiger partial charge in [-0.15, -0.1) is 0 Å². The molecule has 0 saturated heterocycles. The number of hydrogen-bond donors (Lipinski definition) is 2. The summed E-state index contributed by atoms with van der Waals surface area (Å²) in [7, 11) is 0. The Morgan fingerprint density at radius 3 is 2.96 bits per heavy atom. The second-order valence-electron chi connectivity index (χ2n) is 5.02. The molecule has 6 heteroatoms. The maximum atomic E-state index is 12.1. The second-order valence-corrected chi connectivity index (χ2v) is 5.02. The first-order chi connectivity index (χ1) is 11.3. The molecule has 0 fully saturated rings. The molecule has 1 aromatic heterocycles. The van der Waals surface area contributed by atoms with E-state index in [9.17, 15) is 4.79 Å². The number of hydrogen-bond acceptors (Lipinski definition) is 5. The van der Waals surface area contributed by atoms with E-state index in [1.165, 1.54) is 0 Å². The predicted octanol–water partition coefficient (Wildman–Crippen LogP) is 2.77. The molecule has 0 aliphatic carbocycles. The van der Waals surface area contributed by atoms with Crippen LogP contribution in [0.5, 0.6) is 0 Å². The lowest BCUT2D eigenvalue weighted by atomic mass is 10.2. The van der Waals surface area contributed by atoms with Gasteiger partial charge in [0.05, 0.1) is 12.8 Å². The first-order valence-electron chi connectivity index (χ1n) is 7.78. The molecule has 6 nitrogen and oxygen atoms in total. The van der Waals surface area contributed by atoms with Gasteiger partial charge in [-0.05, 0) is 24.6 Å². The summed E-state index contributed by atoms with van der Waals surface area (Å²) in [5.41, 5.74) is 1.38. The number of unbranched alkanes of at least 4 members (excludes halogenated alkanes) is 1. The fourth-order valence-corrected chi connectivity index (χ4v) is 1.94. The first-order valence-corrected chi connectivity index (χ1v) is 7.78. The van der Waals surface area contributed by atoms with Crippen LogP contribution in [0, 0.1) is 0 Å². The van der Waals surface area contributed by atoms with Gasteiger partial charge in [-0.1, -0.05) is 19.4 Å². The molecule has 0 radical (unpaired) electrons. The minimum absolute atomic E-state index is 0.119. The van der Waals surface area contributed by atoms with Crippen LogP contribution in [0.1, 0.15) is 30.1 Å². The van der Waals surface area contributed by atoms with Gasteiger partial charge in [-0.3, -0.25) is 9.78 Å². The summed E-state index contributed by atoms with van der Waals surface area (Å²) in [4.78, 5) is 20.3. The molecule has 0 spiro atoms. The Hall–Kier alpha value is -2.47. The molecule has 0 aliphatic heterocycles. The van der Waals surface area contributed by atoms with Crippen molar-refractivity contribution in [2.45, 2.75) is 19.8 Å². The van der Waals surface area contributed by atoms with E-state index >= 15 is 0 Å². The topological polar surface area (TPSA) is 76.1 Å². The van der Waals surface area contributed by atoms with Crippen LogP contribution in [0.2, 0.25) is 0 Å². The fourth-order valence-electron chi connectivity index (χ4n) is 1.94. The van der Waals surface area contributed by atoms with Crippen LogP contribution < -0.4 is 10.6 Å². The number of nitrogens with zero attached hydrogens (tertiary/aromatic N) is 2. The molecule has 0 aliphatic rings. The number of amides is 1. The van der Waals surface area contributed by atoms with Crippen LogP contribution in [0.4, 0.5) is 11.5 Å². The van der Waals surface area contributed by atoms with Crippen molar-refractivity contribution in [1.82, 2.24) is 15.3 Å². The summed E-state index contributed by atoms with van der Waals surface area (Å²) in [6.07, 6.45) is 7.00. The van der Waals surface area contributed by atoms with Gasteiger partial charge < -0.3 is 15.4 Å². The molecule has 23 heavy (non-hydrogen) atoms. The fraction of sp³-hybridized carbons (Fsp3) is 0.353. The normalized spacial score (nSPS) is 10.3. The molecule has 1 aromatic carbocycles. The molecule has 2 N–H and O–H groups in total. The van der Waals surface area contributed by atoms with Crippen molar-refractivity contribution in [2.24, 2.45) is 0 Å². The van der Waals surface area contributed by atoms with E-state index in [4.69, 9.17) is 4.74 Å². The van der Waals surface area contributed by atoms with E-state index in [-0.39, 0.29) is 5.91 Å². The molecular formula is C17H22N4O2. The van der Waals surface area contributed by atoms with E-state index in [0.717, 1.165) is 25.1 Å². The van der Waals surface area contributed by atoms with Crippen molar-refractivity contribution in [3.05, 3.63) is 48.4 Å². The highest BCUT2D eigenvalue weighted by Gasteiger charge is 2.06. The molecule has 0 bridgehead atoms. The number of ether oxygens (including phenoxy) is 1. The standard InChI is InChI=1S/C17H22N4O2/c1-2-3-10-23-11-9-20-17(22)14-5-4-6-15(12-14)21-16-13-18-7-8-19-16/h4-8,12-13H,2-3,9-11H2,1H3,(H,19,21)(H,20,22). The summed E-state index contributed by atoms with van der Waals surface area (Å²) in [6, 6.07) is 7.25. The van der Waals surface area contributed by atoms with Gasteiger partial charge >= 0.3 is 0 Å². The van der Waals surface area contributed by atoms with Crippen molar-refractivity contribution in [1.29, 1.82) is 0 Å². The van der Waals surface area contributed by atoms with Crippen LogP contribution >= 0.6 is 0 Å². The third-order valence-electron chi connectivity index (χ3n) is 3.13. The average Bonchev–Trinajstić information content (AvgIpc) is 2.59. The quantitative estimate of drug-likeness (QED) is 0.696. The smallest absolute Gasteiger partial charge is 0.251 e. The maximum absolute atomic E-state index is 12.1. The van der Waals surface area contributed by atoms with Gasteiger partial charge in [-0.25, -0.2) is 4.98 Å². The highest BCUT2D eigenvalue weighted by molar-refractivity contribution is 5.95. The van der Waals surface area contributed by atoms with E-state index in [1.807, 2.05) is 12.1 Å². The van der Waals surface area contributed by atoms with Gasteiger partial charge in [0, 0.05) is 36.8 Å². The Kier molecular flexibility index (Phi) is 7.00. The molecule has 0 saturated carbocycles. The Labute approximate surface area is 136 Å². The summed E-state index contributed by atoms with van der Waals surface area (Å²) < 4.78 is 5.42. The summed E-state index contributed by atoms with van der Waals surface area (Å²) in [5.74, 6) is 0.515. The zero-order valence-electron chi connectivity index (χ0n) is 13.3. The van der Waals surface area contributed by atoms with Crippen molar-refractivity contribution in [2.75, 3.05) is 25.1 Å². The zero-order chi connectivity index (χ0) is 16.3. The predicted molar refractivity (Wildman–Crippen MR) is 89.8 cm³/mol. The van der Waals surface area contributed by atoms with E-state index in [2.05, 4.69) is 27.5 Å². The van der Waals surface area contributed by atoms with Crippen LogP contribution in [-0.4, -0.2) is 35.6 Å². The molecule has 1 amide bonds. The van der Waals surface area contributed by atoms with Gasteiger partial charge in [-0.2, -0.15) is 0 Å². The van der Waals surface area contributed by atoms with E-state index in [1.54, 1.807) is 30.7 Å². The van der Waals surface area contributed by atoms with Crippen LogP contribution in [0.15, 0.2) is 42.9 Å². The Morgan fingerprint density at radius 1 is 1.26 bits per heavy atom. The number of rotatable bonds is 9. The highest BCUT2D eigenvalue weighted by atomic mass is 16.5. The van der Waals surface area contributed by atoms with Crippen LogP contribution in [0.25, 0.3) is 0 Å². The summed E-state index contributed by atoms with van der Waals surface area (Å²) in [6.45, 7) is 3.89. The monoisotopic (exact) mass is 314 g/mol. The van der Waals surface area contributed by atoms with Crippen molar-refractivity contribution < 1.29 is 9.53 Å². The highest BCUT2D eigenvalue weighted by Crippen LogP contribution is 2.15. The number of benzene rings is 1. The third kappa shape index (κ3) is 6.04. The van der Waals surface area contributed by atoms with Gasteiger partial charge in [0.15, 0.2) is 0 Å². The number of nitrogens with one attached hydrogen (secondary N) is 2. The van der Waals surface area contributed by atoms with Crippen LogP contribution in [0.3, 0.4) is 0 Å². The molecule has 2 rings (SSSR count). The summed E-state index contributed by atoms with van der Waals surface area (Å²) in [5, 5.41) is 5.96. The van der Waals surface area contributed by atoms with Gasteiger partial charge in [0.1, 0.15) is 5.82 Å². The zero-order valence-corrected chi connectivity index (χ0v) is 13.3. The van der Waals surface area contributed by atoms with Gasteiger partial charge in [0.25, 0.3) is 5.91 Å². The molecule has 0 unspecified atom stereocenters. The van der Waals surface area contributed by atoms with E-state index in [0.29, 0.717) is 24.5 Å². The SMILES string of the molecule is CCCCOCCNC(=O)c1cccc(Nc2cnccn2)c1.